The normalized spacial score (nSPS) is 22.4. The molecule has 58 valence electrons. The van der Waals surface area contributed by atoms with Crippen LogP contribution in [0.15, 0.2) is 16.4 Å². The van der Waals surface area contributed by atoms with Crippen molar-refractivity contribution in [2.75, 3.05) is 13.1 Å². The summed E-state index contributed by atoms with van der Waals surface area (Å²) in [6.07, 6.45) is 1.57. The molecule has 11 heavy (non-hydrogen) atoms. The van der Waals surface area contributed by atoms with Gasteiger partial charge in [0, 0.05) is 6.21 Å². The predicted octanol–water partition coefficient (Wildman–Crippen LogP) is -1.49. The number of hydrogen-bond donors (Lipinski definition) is 3. The molecule has 2 aliphatic rings. The van der Waals surface area contributed by atoms with Gasteiger partial charge in [-0.2, -0.15) is 0 Å². The van der Waals surface area contributed by atoms with Crippen LogP contribution >= 0.6 is 0 Å². The lowest BCUT2D eigenvalue weighted by molar-refractivity contribution is -0.114. The topological polar surface area (TPSA) is 65.5 Å². The minimum atomic E-state index is -0.213. The SMILES string of the molecule is O=C1N=CCNC2=C1NNC2. The van der Waals surface area contributed by atoms with Gasteiger partial charge >= 0.3 is 0 Å². The van der Waals surface area contributed by atoms with E-state index in [0.717, 1.165) is 5.70 Å². The Labute approximate surface area is 63.5 Å². The van der Waals surface area contributed by atoms with Crippen LogP contribution in [0.1, 0.15) is 0 Å². The third-order valence-electron chi connectivity index (χ3n) is 1.61. The van der Waals surface area contributed by atoms with E-state index in [0.29, 0.717) is 18.8 Å². The van der Waals surface area contributed by atoms with E-state index in [-0.39, 0.29) is 5.91 Å². The maximum Gasteiger partial charge on any atom is 0.295 e. The highest BCUT2D eigenvalue weighted by atomic mass is 16.1. The highest BCUT2D eigenvalue weighted by Gasteiger charge is 2.20. The van der Waals surface area contributed by atoms with E-state index in [2.05, 4.69) is 21.2 Å². The first kappa shape index (κ1) is 6.36. The Balaban J connectivity index is 2.33. The number of amides is 1. The predicted molar refractivity (Wildman–Crippen MR) is 39.7 cm³/mol. The number of hydrogen-bond acceptors (Lipinski definition) is 4. The number of carbonyl (C=O) groups excluding carboxylic acids is 1. The molecule has 0 aromatic carbocycles. The lowest BCUT2D eigenvalue weighted by Gasteiger charge is -1.99. The van der Waals surface area contributed by atoms with E-state index in [1.165, 1.54) is 0 Å². The van der Waals surface area contributed by atoms with Crippen molar-refractivity contribution in [3.8, 4) is 0 Å². The third kappa shape index (κ3) is 0.988. The fourth-order valence-electron chi connectivity index (χ4n) is 1.08. The number of aliphatic imine (C=N–C) groups is 1. The van der Waals surface area contributed by atoms with E-state index >= 15 is 0 Å². The zero-order valence-corrected chi connectivity index (χ0v) is 5.85. The number of rotatable bonds is 0. The Morgan fingerprint density at radius 1 is 1.55 bits per heavy atom. The molecule has 0 bridgehead atoms. The summed E-state index contributed by atoms with van der Waals surface area (Å²) in [7, 11) is 0. The molecular formula is C6H8N4O. The van der Waals surface area contributed by atoms with Crippen LogP contribution in [0.25, 0.3) is 0 Å². The molecule has 3 N–H and O–H groups in total. The van der Waals surface area contributed by atoms with Gasteiger partial charge in [-0.05, 0) is 0 Å². The van der Waals surface area contributed by atoms with Crippen molar-refractivity contribution >= 4 is 12.1 Å². The van der Waals surface area contributed by atoms with Gasteiger partial charge in [0.25, 0.3) is 5.91 Å². The summed E-state index contributed by atoms with van der Waals surface area (Å²) in [5.41, 5.74) is 7.03. The first-order valence-corrected chi connectivity index (χ1v) is 3.40. The van der Waals surface area contributed by atoms with Crippen molar-refractivity contribution in [3.63, 3.8) is 0 Å². The average molecular weight is 152 g/mol. The number of carbonyl (C=O) groups is 1. The van der Waals surface area contributed by atoms with Crippen LogP contribution in [0.5, 0.6) is 0 Å². The van der Waals surface area contributed by atoms with Crippen molar-refractivity contribution < 1.29 is 4.79 Å². The smallest absolute Gasteiger partial charge is 0.295 e. The van der Waals surface area contributed by atoms with Crippen LogP contribution in [0, 0.1) is 0 Å². The second-order valence-electron chi connectivity index (χ2n) is 2.33. The number of hydrazine groups is 1. The van der Waals surface area contributed by atoms with Crippen LogP contribution in [0.3, 0.4) is 0 Å². The van der Waals surface area contributed by atoms with Gasteiger partial charge in [0.2, 0.25) is 0 Å². The Kier molecular flexibility index (Phi) is 1.36. The Morgan fingerprint density at radius 2 is 2.45 bits per heavy atom. The number of nitrogens with one attached hydrogen (secondary N) is 3. The summed E-state index contributed by atoms with van der Waals surface area (Å²) < 4.78 is 0. The molecule has 2 heterocycles. The quantitative estimate of drug-likeness (QED) is 0.395. The minimum absolute atomic E-state index is 0.213. The molecule has 0 atom stereocenters. The zero-order chi connectivity index (χ0) is 7.68. The Bertz CT molecular complexity index is 255. The molecule has 5 heteroatoms. The molecule has 0 aliphatic carbocycles. The molecule has 0 spiro atoms. The molecule has 2 rings (SSSR count). The van der Waals surface area contributed by atoms with E-state index in [1.807, 2.05) is 0 Å². The average Bonchev–Trinajstić information content (AvgIpc) is 2.40. The minimum Gasteiger partial charge on any atom is -0.380 e. The van der Waals surface area contributed by atoms with E-state index < -0.39 is 0 Å². The molecule has 0 unspecified atom stereocenters. The fourth-order valence-corrected chi connectivity index (χ4v) is 1.08. The molecular weight excluding hydrogens is 144 g/mol. The largest absolute Gasteiger partial charge is 0.380 e. The van der Waals surface area contributed by atoms with Crippen LogP contribution in [0.4, 0.5) is 0 Å². The van der Waals surface area contributed by atoms with Gasteiger partial charge in [-0.15, -0.1) is 0 Å². The second-order valence-corrected chi connectivity index (χ2v) is 2.33. The molecule has 5 nitrogen and oxygen atoms in total. The van der Waals surface area contributed by atoms with Crippen LogP contribution in [-0.2, 0) is 4.79 Å². The second kappa shape index (κ2) is 2.35. The van der Waals surface area contributed by atoms with Gasteiger partial charge in [0.15, 0.2) is 0 Å². The molecule has 2 aliphatic heterocycles. The van der Waals surface area contributed by atoms with Crippen LogP contribution in [-0.4, -0.2) is 25.2 Å². The summed E-state index contributed by atoms with van der Waals surface area (Å²) >= 11 is 0. The van der Waals surface area contributed by atoms with Crippen molar-refractivity contribution in [2.45, 2.75) is 0 Å². The van der Waals surface area contributed by atoms with E-state index in [4.69, 9.17) is 0 Å². The standard InChI is InChI=1S/C6H8N4O/c11-6-5-4(3-9-10-5)7-1-2-8-6/h2,7,9-10H,1,3H2. The van der Waals surface area contributed by atoms with Gasteiger partial charge in [0.1, 0.15) is 5.70 Å². The summed E-state index contributed by atoms with van der Waals surface area (Å²) in [5.74, 6) is -0.213. The molecule has 0 saturated heterocycles. The highest BCUT2D eigenvalue weighted by Crippen LogP contribution is 2.05. The fraction of sp³-hybridized carbons (Fsp3) is 0.333. The summed E-state index contributed by atoms with van der Waals surface area (Å²) in [6.45, 7) is 1.28. The number of nitrogens with zero attached hydrogens (tertiary/aromatic N) is 1. The van der Waals surface area contributed by atoms with Crippen molar-refractivity contribution in [3.05, 3.63) is 11.4 Å². The van der Waals surface area contributed by atoms with Crippen molar-refractivity contribution in [1.82, 2.24) is 16.2 Å². The van der Waals surface area contributed by atoms with E-state index in [1.54, 1.807) is 6.21 Å². The highest BCUT2D eigenvalue weighted by molar-refractivity contribution is 5.99. The first-order valence-electron chi connectivity index (χ1n) is 3.40. The first-order chi connectivity index (χ1) is 5.38. The van der Waals surface area contributed by atoms with Crippen molar-refractivity contribution in [2.24, 2.45) is 4.99 Å². The molecule has 0 radical (unpaired) electrons. The monoisotopic (exact) mass is 152 g/mol. The molecule has 0 aromatic rings. The van der Waals surface area contributed by atoms with E-state index in [9.17, 15) is 4.79 Å². The Hall–Kier alpha value is -1.36. The van der Waals surface area contributed by atoms with Gasteiger partial charge in [-0.25, -0.2) is 10.4 Å². The third-order valence-corrected chi connectivity index (χ3v) is 1.61. The van der Waals surface area contributed by atoms with Crippen LogP contribution < -0.4 is 16.2 Å². The molecule has 0 saturated carbocycles. The van der Waals surface area contributed by atoms with Gasteiger partial charge in [-0.1, -0.05) is 0 Å². The maximum atomic E-state index is 11.1. The Morgan fingerprint density at radius 3 is 3.36 bits per heavy atom. The summed E-state index contributed by atoms with van der Waals surface area (Å²) in [4.78, 5) is 14.8. The zero-order valence-electron chi connectivity index (χ0n) is 5.85. The van der Waals surface area contributed by atoms with Gasteiger partial charge < -0.3 is 10.7 Å². The van der Waals surface area contributed by atoms with Gasteiger partial charge in [-0.3, -0.25) is 4.79 Å². The van der Waals surface area contributed by atoms with Crippen molar-refractivity contribution in [1.29, 1.82) is 0 Å². The molecule has 0 fully saturated rings. The summed E-state index contributed by atoms with van der Waals surface area (Å²) in [5, 5.41) is 3.06. The molecule has 1 amide bonds. The van der Waals surface area contributed by atoms with Gasteiger partial charge in [0.05, 0.1) is 18.8 Å². The lowest BCUT2D eigenvalue weighted by Crippen LogP contribution is -2.27. The maximum absolute atomic E-state index is 11.1. The van der Waals surface area contributed by atoms with Crippen LogP contribution in [0.2, 0.25) is 0 Å². The molecule has 0 aromatic heterocycles. The summed E-state index contributed by atoms with van der Waals surface area (Å²) in [6, 6.07) is 0. The lowest BCUT2D eigenvalue weighted by atomic mass is 10.3.